The molecule has 0 saturated heterocycles. The Hall–Kier alpha value is -2.00. The van der Waals surface area contributed by atoms with Gasteiger partial charge in [-0.15, -0.1) is 0 Å². The maximum Gasteiger partial charge on any atom is 0.422 e. The molecule has 0 saturated carbocycles. The van der Waals surface area contributed by atoms with Gasteiger partial charge in [-0.3, -0.25) is 4.79 Å². The first-order valence-corrected chi connectivity index (χ1v) is 4.63. The van der Waals surface area contributed by atoms with Gasteiger partial charge in [0.1, 0.15) is 6.04 Å². The average Bonchev–Trinajstić information content (AvgIpc) is 2.19. The number of carboxylic acids is 1. The van der Waals surface area contributed by atoms with E-state index >= 15 is 0 Å². The van der Waals surface area contributed by atoms with Crippen molar-refractivity contribution in [2.24, 2.45) is 5.73 Å². The van der Waals surface area contributed by atoms with Crippen LogP contribution in [0.1, 0.15) is 12.8 Å². The topological polar surface area (TPSA) is 119 Å². The van der Waals surface area contributed by atoms with Gasteiger partial charge in [-0.05, 0) is 6.42 Å². The Labute approximate surface area is 99.1 Å². The molecule has 0 aromatic carbocycles. The van der Waals surface area contributed by atoms with Gasteiger partial charge in [0, 0.05) is 6.42 Å². The van der Waals surface area contributed by atoms with Gasteiger partial charge >= 0.3 is 18.2 Å². The highest BCUT2D eigenvalue weighted by Crippen LogP contribution is 2.14. The van der Waals surface area contributed by atoms with Crippen molar-refractivity contribution in [3.8, 4) is 0 Å². The van der Waals surface area contributed by atoms with Crippen LogP contribution in [0.15, 0.2) is 0 Å². The second-order valence-electron chi connectivity index (χ2n) is 3.23. The molecule has 0 bridgehead atoms. The normalized spacial score (nSPS) is 12.6. The highest BCUT2D eigenvalue weighted by molar-refractivity contribution is 5.81. The molecule has 2 amide bonds. The minimum Gasteiger partial charge on any atom is -0.480 e. The number of primary amides is 1. The third-order valence-electron chi connectivity index (χ3n) is 1.64. The van der Waals surface area contributed by atoms with Crippen LogP contribution in [0, 0.1) is 0 Å². The summed E-state index contributed by atoms with van der Waals surface area (Å²) in [6.45, 7) is -1.83. The number of ether oxygens (including phenoxy) is 1. The number of hydrogen-bond acceptors (Lipinski definition) is 4. The molecule has 1 atom stereocenters. The summed E-state index contributed by atoms with van der Waals surface area (Å²) >= 11 is 0. The molecule has 104 valence electrons. The van der Waals surface area contributed by atoms with E-state index in [2.05, 4.69) is 4.74 Å². The molecule has 0 unspecified atom stereocenters. The summed E-state index contributed by atoms with van der Waals surface area (Å²) in [5.74, 6) is -2.31. The number of carbonyl (C=O) groups excluding carboxylic acids is 2. The maximum absolute atomic E-state index is 11.7. The van der Waals surface area contributed by atoms with E-state index in [0.29, 0.717) is 0 Å². The van der Waals surface area contributed by atoms with Crippen molar-refractivity contribution >= 4 is 18.0 Å². The number of halogens is 3. The Kier molecular flexibility index (Phi) is 5.93. The maximum atomic E-state index is 11.7. The number of alkyl halides is 3. The first-order valence-electron chi connectivity index (χ1n) is 4.63. The molecule has 18 heavy (non-hydrogen) atoms. The van der Waals surface area contributed by atoms with Crippen molar-refractivity contribution in [2.45, 2.75) is 25.1 Å². The van der Waals surface area contributed by atoms with E-state index in [1.807, 2.05) is 0 Å². The molecule has 7 nitrogen and oxygen atoms in total. The number of carboxylic acid groups (broad SMARTS) is 1. The Morgan fingerprint density at radius 1 is 1.33 bits per heavy atom. The Balaban J connectivity index is 4.20. The van der Waals surface area contributed by atoms with Gasteiger partial charge in [0.05, 0.1) is 0 Å². The summed E-state index contributed by atoms with van der Waals surface area (Å²) in [5.41, 5.74) is 4.76. The van der Waals surface area contributed by atoms with Crippen LogP contribution in [0.5, 0.6) is 0 Å². The number of amides is 2. The van der Waals surface area contributed by atoms with E-state index in [4.69, 9.17) is 10.8 Å². The van der Waals surface area contributed by atoms with Crippen molar-refractivity contribution in [1.82, 2.24) is 5.32 Å². The van der Waals surface area contributed by atoms with Gasteiger partial charge in [-0.2, -0.15) is 13.2 Å². The Morgan fingerprint density at radius 3 is 2.28 bits per heavy atom. The summed E-state index contributed by atoms with van der Waals surface area (Å²) in [5, 5.41) is 10.3. The van der Waals surface area contributed by atoms with Crippen molar-refractivity contribution in [1.29, 1.82) is 0 Å². The summed E-state index contributed by atoms with van der Waals surface area (Å²) in [6, 6.07) is -1.54. The van der Waals surface area contributed by atoms with Crippen LogP contribution < -0.4 is 11.1 Å². The van der Waals surface area contributed by atoms with Crippen molar-refractivity contribution in [3.63, 3.8) is 0 Å². The number of aliphatic carboxylic acids is 1. The van der Waals surface area contributed by atoms with Crippen LogP contribution in [0.3, 0.4) is 0 Å². The van der Waals surface area contributed by atoms with E-state index in [1.165, 1.54) is 0 Å². The van der Waals surface area contributed by atoms with Gasteiger partial charge in [0.15, 0.2) is 6.61 Å². The molecule has 0 aliphatic heterocycles. The number of nitrogens with two attached hydrogens (primary N) is 1. The van der Waals surface area contributed by atoms with E-state index in [9.17, 15) is 27.6 Å². The van der Waals surface area contributed by atoms with E-state index < -0.39 is 36.8 Å². The number of nitrogens with one attached hydrogen (secondary N) is 1. The van der Waals surface area contributed by atoms with Crippen LogP contribution in [0.25, 0.3) is 0 Å². The van der Waals surface area contributed by atoms with Crippen LogP contribution in [0.2, 0.25) is 0 Å². The molecule has 0 aromatic heterocycles. The Morgan fingerprint density at radius 2 is 1.89 bits per heavy atom. The summed E-state index contributed by atoms with van der Waals surface area (Å²) in [7, 11) is 0. The second-order valence-corrected chi connectivity index (χ2v) is 3.23. The lowest BCUT2D eigenvalue weighted by atomic mass is 10.1. The van der Waals surface area contributed by atoms with Crippen molar-refractivity contribution < 1.29 is 37.4 Å². The molecule has 0 aliphatic carbocycles. The average molecular weight is 272 g/mol. The number of alkyl carbamates (subject to hydrolysis) is 1. The van der Waals surface area contributed by atoms with E-state index in [-0.39, 0.29) is 12.8 Å². The van der Waals surface area contributed by atoms with E-state index in [0.717, 1.165) is 0 Å². The first-order chi connectivity index (χ1) is 8.11. The number of rotatable bonds is 6. The lowest BCUT2D eigenvalue weighted by Gasteiger charge is -2.14. The fourth-order valence-corrected chi connectivity index (χ4v) is 0.875. The monoisotopic (exact) mass is 272 g/mol. The van der Waals surface area contributed by atoms with Crippen LogP contribution in [-0.2, 0) is 14.3 Å². The highest BCUT2D eigenvalue weighted by atomic mass is 19.4. The largest absolute Gasteiger partial charge is 0.480 e. The number of hydrogen-bond donors (Lipinski definition) is 3. The number of carbonyl (C=O) groups is 3. The van der Waals surface area contributed by atoms with Gasteiger partial charge < -0.3 is 20.9 Å². The zero-order valence-corrected chi connectivity index (χ0v) is 8.99. The molecule has 0 aliphatic rings. The quantitative estimate of drug-likeness (QED) is 0.628. The third-order valence-corrected chi connectivity index (χ3v) is 1.64. The lowest BCUT2D eigenvalue weighted by Crippen LogP contribution is -2.42. The van der Waals surface area contributed by atoms with Gasteiger partial charge in [0.25, 0.3) is 0 Å². The van der Waals surface area contributed by atoms with Gasteiger partial charge in [-0.25, -0.2) is 9.59 Å². The van der Waals surface area contributed by atoms with Crippen LogP contribution in [0.4, 0.5) is 18.0 Å². The zero-order valence-electron chi connectivity index (χ0n) is 8.99. The predicted octanol–water partition coefficient (Wildman–Crippen LogP) is -0.00640. The third kappa shape index (κ3) is 8.19. The minimum atomic E-state index is -4.71. The van der Waals surface area contributed by atoms with Crippen molar-refractivity contribution in [2.75, 3.05) is 6.61 Å². The molecular weight excluding hydrogens is 261 g/mol. The fourth-order valence-electron chi connectivity index (χ4n) is 0.875. The van der Waals surface area contributed by atoms with E-state index in [1.54, 1.807) is 5.32 Å². The molecule has 0 spiro atoms. The molecule has 0 fully saturated rings. The standard InChI is InChI=1S/C8H11F3N2O5/c9-8(10,11)3-18-7(17)13-4(6(15)16)1-2-5(12)14/h4H,1-3H2,(H2,12,14)(H,13,17)(H,15,16)/t4-/m0/s1. The summed E-state index contributed by atoms with van der Waals surface area (Å²) in [6.07, 6.45) is -6.92. The minimum absolute atomic E-state index is 0.337. The summed E-state index contributed by atoms with van der Waals surface area (Å²) < 4.78 is 38.8. The highest BCUT2D eigenvalue weighted by Gasteiger charge is 2.30. The van der Waals surface area contributed by atoms with Crippen LogP contribution >= 0.6 is 0 Å². The van der Waals surface area contributed by atoms with Gasteiger partial charge in [-0.1, -0.05) is 0 Å². The zero-order chi connectivity index (χ0) is 14.3. The first kappa shape index (κ1) is 16.0. The molecule has 0 radical (unpaired) electrons. The molecular formula is C8H11F3N2O5. The molecule has 0 aromatic rings. The predicted molar refractivity (Wildman–Crippen MR) is 50.4 cm³/mol. The second kappa shape index (κ2) is 6.67. The van der Waals surface area contributed by atoms with Crippen LogP contribution in [-0.4, -0.2) is 41.9 Å². The molecule has 0 rings (SSSR count). The van der Waals surface area contributed by atoms with Gasteiger partial charge in [0.2, 0.25) is 5.91 Å². The molecule has 4 N–H and O–H groups in total. The fraction of sp³-hybridized carbons (Fsp3) is 0.625. The smallest absolute Gasteiger partial charge is 0.422 e. The summed E-state index contributed by atoms with van der Waals surface area (Å²) in [4.78, 5) is 31.8. The SMILES string of the molecule is NC(=O)CC[C@H](NC(=O)OCC(F)(F)F)C(=O)O. The Bertz CT molecular complexity index is 331. The van der Waals surface area contributed by atoms with Crippen molar-refractivity contribution in [3.05, 3.63) is 0 Å². The lowest BCUT2D eigenvalue weighted by molar-refractivity contribution is -0.160. The molecule has 0 heterocycles. The molecule has 10 heteroatoms.